The Morgan fingerprint density at radius 2 is 2.14 bits per heavy atom. The quantitative estimate of drug-likeness (QED) is 0.946. The molecule has 1 unspecified atom stereocenters. The van der Waals surface area contributed by atoms with E-state index in [1.54, 1.807) is 18.0 Å². The van der Waals surface area contributed by atoms with Crippen LogP contribution in [-0.2, 0) is 4.79 Å². The molecule has 1 aromatic heterocycles. The SMILES string of the molecule is Cc1ccc(-n2ccnc2SC2CCCCNC2=O)cc1C. The van der Waals surface area contributed by atoms with Crippen LogP contribution < -0.4 is 5.32 Å². The molecule has 1 atom stereocenters. The minimum absolute atomic E-state index is 0.0461. The molecule has 0 radical (unpaired) electrons. The molecule has 5 heteroatoms. The number of thioether (sulfide) groups is 1. The molecular weight excluding hydrogens is 294 g/mol. The van der Waals surface area contributed by atoms with Crippen LogP contribution in [0.15, 0.2) is 35.7 Å². The fraction of sp³-hybridized carbons (Fsp3) is 0.412. The van der Waals surface area contributed by atoms with Crippen molar-refractivity contribution in [2.75, 3.05) is 6.54 Å². The summed E-state index contributed by atoms with van der Waals surface area (Å²) >= 11 is 1.56. The lowest BCUT2D eigenvalue weighted by Gasteiger charge is -2.14. The summed E-state index contributed by atoms with van der Waals surface area (Å²) in [4.78, 5) is 16.6. The first-order chi connectivity index (χ1) is 10.6. The van der Waals surface area contributed by atoms with E-state index in [-0.39, 0.29) is 11.2 Å². The van der Waals surface area contributed by atoms with Crippen molar-refractivity contribution in [1.29, 1.82) is 0 Å². The van der Waals surface area contributed by atoms with Crippen LogP contribution in [0.25, 0.3) is 5.69 Å². The monoisotopic (exact) mass is 315 g/mol. The van der Waals surface area contributed by atoms with Crippen LogP contribution in [0.4, 0.5) is 0 Å². The molecule has 0 aliphatic carbocycles. The maximum absolute atomic E-state index is 12.1. The van der Waals surface area contributed by atoms with Crippen molar-refractivity contribution in [2.24, 2.45) is 0 Å². The third-order valence-corrected chi connectivity index (χ3v) is 5.36. The second kappa shape index (κ2) is 6.57. The molecule has 116 valence electrons. The van der Waals surface area contributed by atoms with Crippen LogP contribution >= 0.6 is 11.8 Å². The van der Waals surface area contributed by atoms with Crippen molar-refractivity contribution >= 4 is 17.7 Å². The summed E-state index contributed by atoms with van der Waals surface area (Å²) in [6.45, 7) is 5.02. The van der Waals surface area contributed by atoms with Crippen molar-refractivity contribution in [3.05, 3.63) is 41.7 Å². The number of nitrogens with zero attached hydrogens (tertiary/aromatic N) is 2. The van der Waals surface area contributed by atoms with Gasteiger partial charge in [-0.15, -0.1) is 0 Å². The van der Waals surface area contributed by atoms with E-state index >= 15 is 0 Å². The van der Waals surface area contributed by atoms with E-state index in [9.17, 15) is 4.79 Å². The Hall–Kier alpha value is -1.75. The number of rotatable bonds is 3. The second-order valence-corrected chi connectivity index (χ2v) is 6.91. The Balaban J connectivity index is 1.85. The molecule has 0 spiro atoms. The van der Waals surface area contributed by atoms with Gasteiger partial charge in [-0.05, 0) is 49.9 Å². The van der Waals surface area contributed by atoms with E-state index in [1.165, 1.54) is 11.1 Å². The number of benzene rings is 1. The average Bonchev–Trinajstić information content (AvgIpc) is 2.87. The molecular formula is C17H21N3OS. The smallest absolute Gasteiger partial charge is 0.233 e. The number of carbonyl (C=O) groups is 1. The number of nitrogens with one attached hydrogen (secondary N) is 1. The minimum Gasteiger partial charge on any atom is -0.355 e. The van der Waals surface area contributed by atoms with Crippen molar-refractivity contribution in [1.82, 2.24) is 14.9 Å². The summed E-state index contributed by atoms with van der Waals surface area (Å²) in [5, 5.41) is 3.82. The highest BCUT2D eigenvalue weighted by atomic mass is 32.2. The van der Waals surface area contributed by atoms with Gasteiger partial charge in [0.15, 0.2) is 5.16 Å². The first kappa shape index (κ1) is 15.2. The predicted molar refractivity (Wildman–Crippen MR) is 89.5 cm³/mol. The molecule has 3 rings (SSSR count). The summed E-state index contributed by atoms with van der Waals surface area (Å²) in [6, 6.07) is 6.38. The molecule has 1 aliphatic heterocycles. The van der Waals surface area contributed by atoms with Gasteiger partial charge in [-0.2, -0.15) is 0 Å². The van der Waals surface area contributed by atoms with Crippen LogP contribution in [0.2, 0.25) is 0 Å². The van der Waals surface area contributed by atoms with Crippen LogP contribution in [0.5, 0.6) is 0 Å². The van der Waals surface area contributed by atoms with E-state index in [4.69, 9.17) is 0 Å². The van der Waals surface area contributed by atoms with E-state index in [2.05, 4.69) is 46.9 Å². The molecule has 1 saturated heterocycles. The highest BCUT2D eigenvalue weighted by Gasteiger charge is 2.23. The van der Waals surface area contributed by atoms with Crippen LogP contribution in [0.1, 0.15) is 30.4 Å². The molecule has 1 aromatic carbocycles. The zero-order valence-electron chi connectivity index (χ0n) is 13.0. The maximum atomic E-state index is 12.1. The van der Waals surface area contributed by atoms with Crippen LogP contribution in [0.3, 0.4) is 0 Å². The molecule has 0 bridgehead atoms. The Kier molecular flexibility index (Phi) is 4.52. The zero-order valence-corrected chi connectivity index (χ0v) is 13.8. The fourth-order valence-electron chi connectivity index (χ4n) is 2.60. The molecule has 1 N–H and O–H groups in total. The topological polar surface area (TPSA) is 46.9 Å². The van der Waals surface area contributed by atoms with Crippen molar-refractivity contribution in [3.63, 3.8) is 0 Å². The van der Waals surface area contributed by atoms with Gasteiger partial charge < -0.3 is 5.32 Å². The summed E-state index contributed by atoms with van der Waals surface area (Å²) in [5.74, 6) is 0.136. The predicted octanol–water partition coefficient (Wildman–Crippen LogP) is 3.25. The number of carbonyl (C=O) groups excluding carboxylic acids is 1. The lowest BCUT2D eigenvalue weighted by atomic mass is 10.1. The van der Waals surface area contributed by atoms with Gasteiger partial charge in [-0.3, -0.25) is 9.36 Å². The van der Waals surface area contributed by atoms with Crippen molar-refractivity contribution in [2.45, 2.75) is 43.5 Å². The average molecular weight is 315 g/mol. The Morgan fingerprint density at radius 1 is 1.27 bits per heavy atom. The number of hydrogen-bond donors (Lipinski definition) is 1. The fourth-order valence-corrected chi connectivity index (χ4v) is 3.73. The van der Waals surface area contributed by atoms with Gasteiger partial charge in [-0.1, -0.05) is 24.2 Å². The first-order valence-electron chi connectivity index (χ1n) is 7.70. The standard InChI is InChI=1S/C17H21N3OS/c1-12-6-7-14(11-13(12)2)20-10-9-19-17(20)22-15-5-3-4-8-18-16(15)21/h6-7,9-11,15H,3-5,8H2,1-2H3,(H,18,21). The van der Waals surface area contributed by atoms with Gasteiger partial charge in [0, 0.05) is 24.6 Å². The summed E-state index contributed by atoms with van der Waals surface area (Å²) in [6.07, 6.45) is 6.82. The van der Waals surface area contributed by atoms with Crippen LogP contribution in [-0.4, -0.2) is 27.3 Å². The van der Waals surface area contributed by atoms with E-state index in [1.807, 2.05) is 6.20 Å². The Labute approximate surface area is 135 Å². The zero-order chi connectivity index (χ0) is 15.5. The van der Waals surface area contributed by atoms with Crippen molar-refractivity contribution in [3.8, 4) is 5.69 Å². The molecule has 0 saturated carbocycles. The third kappa shape index (κ3) is 3.19. The van der Waals surface area contributed by atoms with Gasteiger partial charge in [-0.25, -0.2) is 4.98 Å². The minimum atomic E-state index is -0.0461. The number of aryl methyl sites for hydroxylation is 2. The van der Waals surface area contributed by atoms with Crippen molar-refractivity contribution < 1.29 is 4.79 Å². The number of hydrogen-bond acceptors (Lipinski definition) is 3. The molecule has 4 nitrogen and oxygen atoms in total. The highest BCUT2D eigenvalue weighted by molar-refractivity contribution is 8.00. The van der Waals surface area contributed by atoms with E-state index in [0.717, 1.165) is 36.7 Å². The first-order valence-corrected chi connectivity index (χ1v) is 8.58. The normalized spacial score (nSPS) is 18.8. The lowest BCUT2D eigenvalue weighted by molar-refractivity contribution is -0.120. The summed E-state index contributed by atoms with van der Waals surface area (Å²) < 4.78 is 2.06. The molecule has 1 aliphatic rings. The highest BCUT2D eigenvalue weighted by Crippen LogP contribution is 2.29. The van der Waals surface area contributed by atoms with Gasteiger partial charge >= 0.3 is 0 Å². The number of aromatic nitrogens is 2. The maximum Gasteiger partial charge on any atom is 0.233 e. The number of imidazole rings is 1. The third-order valence-electron chi connectivity index (χ3n) is 4.11. The molecule has 2 heterocycles. The molecule has 1 fully saturated rings. The van der Waals surface area contributed by atoms with Gasteiger partial charge in [0.05, 0.1) is 5.25 Å². The Bertz CT molecular complexity index is 680. The van der Waals surface area contributed by atoms with E-state index in [0.29, 0.717) is 0 Å². The van der Waals surface area contributed by atoms with Crippen LogP contribution in [0, 0.1) is 13.8 Å². The largest absolute Gasteiger partial charge is 0.355 e. The lowest BCUT2D eigenvalue weighted by Crippen LogP contribution is -2.30. The van der Waals surface area contributed by atoms with Gasteiger partial charge in [0.25, 0.3) is 0 Å². The van der Waals surface area contributed by atoms with Gasteiger partial charge in [0.1, 0.15) is 0 Å². The Morgan fingerprint density at radius 3 is 2.95 bits per heavy atom. The van der Waals surface area contributed by atoms with Gasteiger partial charge in [0.2, 0.25) is 5.91 Å². The summed E-state index contributed by atoms with van der Waals surface area (Å²) in [7, 11) is 0. The molecule has 2 aromatic rings. The summed E-state index contributed by atoms with van der Waals surface area (Å²) in [5.41, 5.74) is 3.63. The number of amides is 1. The molecule has 1 amide bonds. The second-order valence-electron chi connectivity index (χ2n) is 5.74. The molecule has 22 heavy (non-hydrogen) atoms. The van der Waals surface area contributed by atoms with E-state index < -0.39 is 0 Å².